The van der Waals surface area contributed by atoms with Crippen LogP contribution in [0.25, 0.3) is 0 Å². The normalized spacial score (nSPS) is 14.3. The van der Waals surface area contributed by atoms with Crippen LogP contribution in [0.3, 0.4) is 0 Å². The minimum absolute atomic E-state index is 0.1000. The molecule has 0 bridgehead atoms. The fourth-order valence-corrected chi connectivity index (χ4v) is 3.95. The number of benzene rings is 3. The summed E-state index contributed by atoms with van der Waals surface area (Å²) in [5.74, 6) is 0.956. The maximum Gasteiger partial charge on any atom is 0.253 e. The summed E-state index contributed by atoms with van der Waals surface area (Å²) in [6.07, 6.45) is 0. The molecule has 1 aliphatic rings. The van der Waals surface area contributed by atoms with Crippen LogP contribution < -0.4 is 9.64 Å². The van der Waals surface area contributed by atoms with Crippen LogP contribution in [0.1, 0.15) is 42.3 Å². The van der Waals surface area contributed by atoms with Gasteiger partial charge < -0.3 is 14.5 Å². The third kappa shape index (κ3) is 5.31. The minimum atomic E-state index is 0.1000. The maximum atomic E-state index is 12.9. The molecule has 0 atom stereocenters. The van der Waals surface area contributed by atoms with Gasteiger partial charge in [0, 0.05) is 37.4 Å². The van der Waals surface area contributed by atoms with Crippen molar-refractivity contribution in [3.63, 3.8) is 0 Å². The Morgan fingerprint density at radius 3 is 2.03 bits per heavy atom. The molecule has 4 heteroatoms. The van der Waals surface area contributed by atoms with Gasteiger partial charge in [-0.3, -0.25) is 4.79 Å². The van der Waals surface area contributed by atoms with Gasteiger partial charge >= 0.3 is 0 Å². The highest BCUT2D eigenvalue weighted by Crippen LogP contribution is 2.24. The van der Waals surface area contributed by atoms with Gasteiger partial charge in [-0.25, -0.2) is 0 Å². The van der Waals surface area contributed by atoms with Gasteiger partial charge in [-0.2, -0.15) is 0 Å². The van der Waals surface area contributed by atoms with E-state index in [0.29, 0.717) is 6.61 Å². The molecule has 1 aliphatic heterocycles. The van der Waals surface area contributed by atoms with Crippen molar-refractivity contribution < 1.29 is 9.53 Å². The van der Waals surface area contributed by atoms with Crippen molar-refractivity contribution in [1.29, 1.82) is 0 Å². The summed E-state index contributed by atoms with van der Waals surface area (Å²) in [4.78, 5) is 17.2. The molecule has 0 radical (unpaired) electrons. The first-order valence-corrected chi connectivity index (χ1v) is 11.3. The number of ether oxygens (including phenoxy) is 1. The smallest absolute Gasteiger partial charge is 0.253 e. The Balaban J connectivity index is 1.29. The van der Waals surface area contributed by atoms with E-state index in [1.807, 2.05) is 47.4 Å². The van der Waals surface area contributed by atoms with E-state index in [4.69, 9.17) is 4.74 Å². The lowest BCUT2D eigenvalue weighted by molar-refractivity contribution is 0.0746. The molecule has 3 aromatic carbocycles. The van der Waals surface area contributed by atoms with Crippen molar-refractivity contribution in [2.75, 3.05) is 31.1 Å². The van der Waals surface area contributed by atoms with Gasteiger partial charge in [-0.15, -0.1) is 0 Å². The third-order valence-corrected chi connectivity index (χ3v) is 6.01. The Bertz CT molecular complexity index is 1010. The minimum Gasteiger partial charge on any atom is -0.489 e. The van der Waals surface area contributed by atoms with Crippen molar-refractivity contribution in [2.45, 2.75) is 32.8 Å². The van der Waals surface area contributed by atoms with E-state index in [1.165, 1.54) is 11.3 Å². The summed E-state index contributed by atoms with van der Waals surface area (Å²) >= 11 is 0. The molecule has 0 saturated carbocycles. The number of para-hydroxylation sites is 1. The van der Waals surface area contributed by atoms with Crippen molar-refractivity contribution in [2.24, 2.45) is 0 Å². The lowest BCUT2D eigenvalue weighted by Gasteiger charge is -2.36. The van der Waals surface area contributed by atoms with Gasteiger partial charge in [0.15, 0.2) is 0 Å². The quantitative estimate of drug-likeness (QED) is 0.536. The summed E-state index contributed by atoms with van der Waals surface area (Å²) in [6.45, 7) is 10.3. The molecule has 0 aliphatic carbocycles. The molecule has 0 aromatic heterocycles. The lowest BCUT2D eigenvalue weighted by atomic mass is 9.87. The van der Waals surface area contributed by atoms with E-state index in [2.05, 4.69) is 62.1 Å². The van der Waals surface area contributed by atoms with Crippen LogP contribution in [0.5, 0.6) is 5.75 Å². The molecule has 32 heavy (non-hydrogen) atoms. The molecule has 4 nitrogen and oxygen atoms in total. The standard InChI is InChI=1S/C28H32N2O2/c1-28(2,3)24-13-15-26(16-14-24)32-21-22-9-11-23(12-10-22)27(31)30-19-17-29(18-20-30)25-7-5-4-6-8-25/h4-16H,17-21H2,1-3H3. The summed E-state index contributed by atoms with van der Waals surface area (Å²) in [6, 6.07) is 26.5. The topological polar surface area (TPSA) is 32.8 Å². The van der Waals surface area contributed by atoms with Crippen molar-refractivity contribution in [1.82, 2.24) is 4.90 Å². The Kier molecular flexibility index (Phi) is 6.50. The number of anilines is 1. The second-order valence-electron chi connectivity index (χ2n) is 9.37. The SMILES string of the molecule is CC(C)(C)c1ccc(OCc2ccc(C(=O)N3CCN(c4ccccc4)CC3)cc2)cc1. The van der Waals surface area contributed by atoms with E-state index < -0.39 is 0 Å². The highest BCUT2D eigenvalue weighted by molar-refractivity contribution is 5.94. The molecule has 0 N–H and O–H groups in total. The number of amides is 1. The average molecular weight is 429 g/mol. The van der Waals surface area contributed by atoms with Crippen molar-refractivity contribution in [3.8, 4) is 5.75 Å². The van der Waals surface area contributed by atoms with E-state index >= 15 is 0 Å². The van der Waals surface area contributed by atoms with Crippen molar-refractivity contribution >= 4 is 11.6 Å². The molecule has 166 valence electrons. The van der Waals surface area contributed by atoms with Gasteiger partial charge in [-0.1, -0.05) is 63.2 Å². The fraction of sp³-hybridized carbons (Fsp3) is 0.321. The van der Waals surface area contributed by atoms with Gasteiger partial charge in [-0.05, 0) is 52.9 Å². The highest BCUT2D eigenvalue weighted by Gasteiger charge is 2.22. The van der Waals surface area contributed by atoms with Crippen LogP contribution >= 0.6 is 0 Å². The predicted octanol–water partition coefficient (Wildman–Crippen LogP) is 5.53. The Morgan fingerprint density at radius 1 is 0.812 bits per heavy atom. The first-order valence-electron chi connectivity index (χ1n) is 11.3. The lowest BCUT2D eigenvalue weighted by Crippen LogP contribution is -2.48. The zero-order chi connectivity index (χ0) is 22.6. The second-order valence-corrected chi connectivity index (χ2v) is 9.37. The van der Waals surface area contributed by atoms with E-state index in [-0.39, 0.29) is 11.3 Å². The zero-order valence-corrected chi connectivity index (χ0v) is 19.3. The fourth-order valence-electron chi connectivity index (χ4n) is 3.95. The number of carbonyl (C=O) groups excluding carboxylic acids is 1. The number of hydrogen-bond acceptors (Lipinski definition) is 3. The Hall–Kier alpha value is -3.27. The number of nitrogens with zero attached hydrogens (tertiary/aromatic N) is 2. The summed E-state index contributed by atoms with van der Waals surface area (Å²) < 4.78 is 5.93. The van der Waals surface area contributed by atoms with Gasteiger partial charge in [0.1, 0.15) is 12.4 Å². The number of carbonyl (C=O) groups is 1. The first kappa shape index (κ1) is 21.9. The monoisotopic (exact) mass is 428 g/mol. The van der Waals surface area contributed by atoms with Crippen LogP contribution in [-0.2, 0) is 12.0 Å². The number of piperazine rings is 1. The maximum absolute atomic E-state index is 12.9. The predicted molar refractivity (Wildman–Crippen MR) is 130 cm³/mol. The Morgan fingerprint density at radius 2 is 1.44 bits per heavy atom. The molecule has 0 unspecified atom stereocenters. The molecule has 0 spiro atoms. The average Bonchev–Trinajstić information content (AvgIpc) is 2.83. The van der Waals surface area contributed by atoms with Crippen molar-refractivity contribution in [3.05, 3.63) is 95.6 Å². The van der Waals surface area contributed by atoms with Crippen LogP contribution in [0.4, 0.5) is 5.69 Å². The molecular weight excluding hydrogens is 396 g/mol. The van der Waals surface area contributed by atoms with Gasteiger partial charge in [0.05, 0.1) is 0 Å². The molecule has 1 saturated heterocycles. The summed E-state index contributed by atoms with van der Waals surface area (Å²) in [7, 11) is 0. The molecule has 1 heterocycles. The third-order valence-electron chi connectivity index (χ3n) is 6.01. The van der Waals surface area contributed by atoms with E-state index in [1.54, 1.807) is 0 Å². The molecule has 1 fully saturated rings. The van der Waals surface area contributed by atoms with E-state index in [9.17, 15) is 4.79 Å². The van der Waals surface area contributed by atoms with Crippen LogP contribution in [0.15, 0.2) is 78.9 Å². The molecule has 4 rings (SSSR count). The largest absolute Gasteiger partial charge is 0.489 e. The molecule has 1 amide bonds. The summed E-state index contributed by atoms with van der Waals surface area (Å²) in [5, 5.41) is 0. The van der Waals surface area contributed by atoms with Gasteiger partial charge in [0.2, 0.25) is 0 Å². The first-order chi connectivity index (χ1) is 15.4. The second kappa shape index (κ2) is 9.47. The van der Waals surface area contributed by atoms with Crippen LogP contribution in [0, 0.1) is 0 Å². The van der Waals surface area contributed by atoms with E-state index in [0.717, 1.165) is 43.1 Å². The summed E-state index contributed by atoms with van der Waals surface area (Å²) in [5.41, 5.74) is 4.43. The zero-order valence-electron chi connectivity index (χ0n) is 19.3. The highest BCUT2D eigenvalue weighted by atomic mass is 16.5. The molecular formula is C28H32N2O2. The number of rotatable bonds is 5. The van der Waals surface area contributed by atoms with Crippen LogP contribution in [0.2, 0.25) is 0 Å². The Labute approximate surface area is 191 Å². The number of hydrogen-bond donors (Lipinski definition) is 0. The van der Waals surface area contributed by atoms with Gasteiger partial charge in [0.25, 0.3) is 5.91 Å². The molecule has 3 aromatic rings. The van der Waals surface area contributed by atoms with Crippen LogP contribution in [-0.4, -0.2) is 37.0 Å².